The molecule has 39 heavy (non-hydrogen) atoms. The number of hydrogen-bond acceptors (Lipinski definition) is 12. The Morgan fingerprint density at radius 2 is 1.54 bits per heavy atom. The smallest absolute Gasteiger partial charge is 0.309 e. The lowest BCUT2D eigenvalue weighted by molar-refractivity contribution is 0.324. The molecular weight excluding hydrogens is 526 g/mol. The number of nitrogen functional groups attached to an aromatic ring is 3. The van der Waals surface area contributed by atoms with Crippen LogP contribution in [0.2, 0.25) is 0 Å². The number of ether oxygens (including phenoxy) is 3. The molecule has 0 unspecified atom stereocenters. The summed E-state index contributed by atoms with van der Waals surface area (Å²) in [6, 6.07) is 9.54. The Kier molecular flexibility index (Phi) is 9.04. The van der Waals surface area contributed by atoms with Crippen LogP contribution in [0, 0.1) is 13.8 Å². The number of nitrogens with two attached hydrogens (primary N) is 3. The molecule has 2 aromatic carbocycles. The average molecular weight is 558 g/mol. The van der Waals surface area contributed by atoms with Crippen molar-refractivity contribution in [1.29, 1.82) is 0 Å². The van der Waals surface area contributed by atoms with Crippen molar-refractivity contribution in [2.24, 2.45) is 0 Å². The van der Waals surface area contributed by atoms with E-state index in [1.165, 1.54) is 24.3 Å². The molecule has 0 atom stereocenters. The van der Waals surface area contributed by atoms with E-state index in [2.05, 4.69) is 19.7 Å². The molecule has 0 fully saturated rings. The number of anilines is 4. The highest BCUT2D eigenvalue weighted by atomic mass is 32.2. The van der Waals surface area contributed by atoms with Crippen LogP contribution in [-0.4, -0.2) is 44.7 Å². The molecule has 208 valence electrons. The van der Waals surface area contributed by atoms with Crippen molar-refractivity contribution >= 4 is 33.5 Å². The SMILES string of the molecule is COc1cc(Cc2cnc(N)nc2N)cc(OC)c1OC.Cc1nc(NS(=O)(=O)c2ccc(N)cc2)oc1C. The van der Waals surface area contributed by atoms with Crippen LogP contribution >= 0.6 is 0 Å². The summed E-state index contributed by atoms with van der Waals surface area (Å²) >= 11 is 0. The first kappa shape index (κ1) is 28.8. The van der Waals surface area contributed by atoms with E-state index in [0.29, 0.717) is 46.6 Å². The third-order valence-corrected chi connectivity index (χ3v) is 6.81. The first-order valence-corrected chi connectivity index (χ1v) is 12.9. The van der Waals surface area contributed by atoms with E-state index in [1.54, 1.807) is 41.4 Å². The van der Waals surface area contributed by atoms with Gasteiger partial charge < -0.3 is 35.8 Å². The second kappa shape index (κ2) is 12.2. The average Bonchev–Trinajstić information content (AvgIpc) is 3.21. The van der Waals surface area contributed by atoms with Crippen molar-refractivity contribution in [2.75, 3.05) is 43.3 Å². The summed E-state index contributed by atoms with van der Waals surface area (Å²) < 4.78 is 47.3. The normalized spacial score (nSPS) is 10.8. The molecule has 0 amide bonds. The Bertz CT molecular complexity index is 1490. The number of methoxy groups -OCH3 is 3. The van der Waals surface area contributed by atoms with Crippen LogP contribution in [0.3, 0.4) is 0 Å². The highest BCUT2D eigenvalue weighted by molar-refractivity contribution is 7.92. The minimum atomic E-state index is -3.70. The zero-order valence-corrected chi connectivity index (χ0v) is 23.0. The van der Waals surface area contributed by atoms with E-state index in [4.69, 9.17) is 35.8 Å². The van der Waals surface area contributed by atoms with Gasteiger partial charge in [-0.1, -0.05) is 0 Å². The first-order chi connectivity index (χ1) is 18.5. The second-order valence-corrected chi connectivity index (χ2v) is 9.87. The molecule has 7 N–H and O–H groups in total. The van der Waals surface area contributed by atoms with Gasteiger partial charge in [-0.3, -0.25) is 0 Å². The van der Waals surface area contributed by atoms with Crippen molar-refractivity contribution < 1.29 is 27.0 Å². The molecule has 0 saturated heterocycles. The van der Waals surface area contributed by atoms with Gasteiger partial charge in [0.2, 0.25) is 11.7 Å². The third kappa shape index (κ3) is 7.19. The maximum Gasteiger partial charge on any atom is 0.309 e. The van der Waals surface area contributed by atoms with Crippen molar-refractivity contribution in [2.45, 2.75) is 25.2 Å². The van der Waals surface area contributed by atoms with Crippen LogP contribution in [0.5, 0.6) is 17.2 Å². The van der Waals surface area contributed by atoms with Crippen LogP contribution in [0.25, 0.3) is 0 Å². The molecular formula is C25H31N7O6S. The molecule has 0 radical (unpaired) electrons. The Labute approximate surface area is 226 Å². The number of hydrogen-bond donors (Lipinski definition) is 4. The molecule has 0 spiro atoms. The molecule has 4 rings (SSSR count). The number of nitrogens with zero attached hydrogens (tertiary/aromatic N) is 3. The number of nitrogens with one attached hydrogen (secondary N) is 1. The van der Waals surface area contributed by atoms with Gasteiger partial charge >= 0.3 is 6.01 Å². The van der Waals surface area contributed by atoms with E-state index in [1.807, 2.05) is 12.1 Å². The molecule has 14 heteroatoms. The summed E-state index contributed by atoms with van der Waals surface area (Å²) in [5, 5.41) is 0. The maximum absolute atomic E-state index is 12.0. The van der Waals surface area contributed by atoms with Crippen LogP contribution in [0.4, 0.5) is 23.5 Å². The lowest BCUT2D eigenvalue weighted by atomic mass is 10.1. The van der Waals surface area contributed by atoms with Gasteiger partial charge in [-0.05, 0) is 55.8 Å². The lowest BCUT2D eigenvalue weighted by Crippen LogP contribution is -2.13. The van der Waals surface area contributed by atoms with Crippen LogP contribution in [0.1, 0.15) is 22.6 Å². The van der Waals surface area contributed by atoms with E-state index >= 15 is 0 Å². The van der Waals surface area contributed by atoms with Crippen LogP contribution in [0.15, 0.2) is 51.9 Å². The van der Waals surface area contributed by atoms with Gasteiger partial charge in [-0.2, -0.15) is 9.97 Å². The fourth-order valence-corrected chi connectivity index (χ4v) is 4.29. The topological polar surface area (TPSA) is 204 Å². The Morgan fingerprint density at radius 3 is 2.03 bits per heavy atom. The standard InChI is InChI=1S/C14H18N4O3.C11H13N3O3S/c1-19-10-5-8(6-11(20-2)12(10)21-3)4-9-7-17-14(16)18-13(9)15;1-7-8(2)17-11(13-7)14-18(15,16)10-5-3-9(12)4-6-10/h5-7H,4H2,1-3H3,(H4,15,16,17,18);3-6H,12H2,1-2H3,(H,13,14). The molecule has 0 saturated carbocycles. The monoisotopic (exact) mass is 557 g/mol. The van der Waals surface area contributed by atoms with E-state index in [-0.39, 0.29) is 16.9 Å². The van der Waals surface area contributed by atoms with Crippen molar-refractivity contribution in [3.05, 3.63) is 65.2 Å². The largest absolute Gasteiger partial charge is 0.493 e. The molecule has 2 heterocycles. The third-order valence-electron chi connectivity index (χ3n) is 5.48. The Morgan fingerprint density at radius 1 is 0.923 bits per heavy atom. The fourth-order valence-electron chi connectivity index (χ4n) is 3.37. The van der Waals surface area contributed by atoms with Crippen molar-refractivity contribution in [3.63, 3.8) is 0 Å². The summed E-state index contributed by atoms with van der Waals surface area (Å²) in [5.74, 6) is 2.80. The van der Waals surface area contributed by atoms with Gasteiger partial charge in [0.05, 0.1) is 31.9 Å². The lowest BCUT2D eigenvalue weighted by Gasteiger charge is -2.14. The van der Waals surface area contributed by atoms with E-state index in [0.717, 1.165) is 11.1 Å². The molecule has 0 bridgehead atoms. The summed E-state index contributed by atoms with van der Waals surface area (Å²) in [4.78, 5) is 12.0. The summed E-state index contributed by atoms with van der Waals surface area (Å²) in [5.41, 5.74) is 19.7. The number of rotatable bonds is 8. The van der Waals surface area contributed by atoms with Crippen LogP contribution in [-0.2, 0) is 16.4 Å². The van der Waals surface area contributed by atoms with Crippen molar-refractivity contribution in [3.8, 4) is 17.2 Å². The summed E-state index contributed by atoms with van der Waals surface area (Å²) in [7, 11) is 1.01. The highest BCUT2D eigenvalue weighted by Crippen LogP contribution is 2.38. The summed E-state index contributed by atoms with van der Waals surface area (Å²) in [6.45, 7) is 3.45. The quantitative estimate of drug-likeness (QED) is 0.231. The number of oxazole rings is 1. The molecule has 0 aliphatic heterocycles. The minimum absolute atomic E-state index is 0.0400. The van der Waals surface area contributed by atoms with Gasteiger partial charge in [0, 0.05) is 23.9 Å². The van der Waals surface area contributed by atoms with E-state index < -0.39 is 10.0 Å². The molecule has 4 aromatic rings. The van der Waals surface area contributed by atoms with Crippen LogP contribution < -0.4 is 36.1 Å². The highest BCUT2D eigenvalue weighted by Gasteiger charge is 2.18. The zero-order valence-electron chi connectivity index (χ0n) is 22.2. The molecule has 2 aromatic heterocycles. The second-order valence-electron chi connectivity index (χ2n) is 8.18. The maximum atomic E-state index is 12.0. The van der Waals surface area contributed by atoms with E-state index in [9.17, 15) is 8.42 Å². The molecule has 0 aliphatic rings. The Balaban J connectivity index is 0.000000218. The van der Waals surface area contributed by atoms with Gasteiger partial charge in [-0.15, -0.1) is 0 Å². The predicted molar refractivity (Wildman–Crippen MR) is 147 cm³/mol. The summed E-state index contributed by atoms with van der Waals surface area (Å²) in [6.07, 6.45) is 2.14. The molecule has 0 aliphatic carbocycles. The minimum Gasteiger partial charge on any atom is -0.493 e. The number of benzene rings is 2. The van der Waals surface area contributed by atoms with Gasteiger partial charge in [0.15, 0.2) is 11.5 Å². The van der Waals surface area contributed by atoms with Gasteiger partial charge in [0.1, 0.15) is 11.6 Å². The number of sulfonamides is 1. The fraction of sp³-hybridized carbons (Fsp3) is 0.240. The predicted octanol–water partition coefficient (Wildman–Crippen LogP) is 2.93. The van der Waals surface area contributed by atoms with Gasteiger partial charge in [-0.25, -0.2) is 18.1 Å². The first-order valence-electron chi connectivity index (χ1n) is 11.5. The number of aromatic nitrogens is 3. The molecule has 13 nitrogen and oxygen atoms in total. The zero-order chi connectivity index (χ0) is 28.7. The number of aryl methyl sites for hydroxylation is 2. The van der Waals surface area contributed by atoms with Gasteiger partial charge in [0.25, 0.3) is 10.0 Å². The Hall–Kier alpha value is -4.72. The van der Waals surface area contributed by atoms with Crippen molar-refractivity contribution in [1.82, 2.24) is 15.0 Å².